The van der Waals surface area contributed by atoms with Crippen LogP contribution in [0.1, 0.15) is 37.4 Å². The molecule has 164 valence electrons. The first kappa shape index (κ1) is 24.4. The Bertz CT molecular complexity index is 746. The molecule has 1 aromatic carbocycles. The number of hydrogen-bond donors (Lipinski definition) is 3. The van der Waals surface area contributed by atoms with Gasteiger partial charge in [0, 0.05) is 45.0 Å². The van der Waals surface area contributed by atoms with Crippen molar-refractivity contribution in [3.8, 4) is 5.75 Å². The number of nitrogens with one attached hydrogen (secondary N) is 2. The zero-order chi connectivity index (χ0) is 20.3. The summed E-state index contributed by atoms with van der Waals surface area (Å²) in [6.45, 7) is 6.84. The summed E-state index contributed by atoms with van der Waals surface area (Å²) in [5, 5.41) is 16.3. The Balaban J connectivity index is 0.00000320. The normalized spacial score (nSPS) is 15.4. The summed E-state index contributed by atoms with van der Waals surface area (Å²) in [5.74, 6) is 1.23. The molecule has 1 aliphatic rings. The molecule has 2 heterocycles. The summed E-state index contributed by atoms with van der Waals surface area (Å²) < 4.78 is 0. The second kappa shape index (κ2) is 13.4. The van der Waals surface area contributed by atoms with Gasteiger partial charge < -0.3 is 15.7 Å². The first-order valence-corrected chi connectivity index (χ1v) is 10.7. The minimum atomic E-state index is 0. The Morgan fingerprint density at radius 1 is 1.17 bits per heavy atom. The van der Waals surface area contributed by atoms with Crippen molar-refractivity contribution in [1.82, 2.24) is 20.5 Å². The van der Waals surface area contributed by atoms with Crippen LogP contribution in [0.5, 0.6) is 5.75 Å². The number of hydrogen-bond acceptors (Lipinski definition) is 4. The number of benzene rings is 1. The van der Waals surface area contributed by atoms with E-state index in [1.807, 2.05) is 24.4 Å². The number of pyridine rings is 1. The smallest absolute Gasteiger partial charge is 0.191 e. The lowest BCUT2D eigenvalue weighted by Crippen LogP contribution is -2.48. The summed E-state index contributed by atoms with van der Waals surface area (Å²) in [6, 6.07) is 14.0. The fraction of sp³-hybridized carbons (Fsp3) is 0.478. The van der Waals surface area contributed by atoms with E-state index in [9.17, 15) is 5.11 Å². The molecule has 0 atom stereocenters. The van der Waals surface area contributed by atoms with Crippen molar-refractivity contribution in [2.24, 2.45) is 4.99 Å². The van der Waals surface area contributed by atoms with E-state index in [0.29, 0.717) is 11.8 Å². The van der Waals surface area contributed by atoms with Gasteiger partial charge in [-0.05, 0) is 62.4 Å². The van der Waals surface area contributed by atoms with E-state index >= 15 is 0 Å². The molecule has 1 aromatic heterocycles. The maximum Gasteiger partial charge on any atom is 0.191 e. The molecule has 0 amide bonds. The van der Waals surface area contributed by atoms with Crippen LogP contribution in [-0.4, -0.2) is 53.2 Å². The van der Waals surface area contributed by atoms with E-state index in [4.69, 9.17) is 4.99 Å². The number of aromatic nitrogens is 1. The predicted molar refractivity (Wildman–Crippen MR) is 133 cm³/mol. The standard InChI is InChI=1S/C23H33N5O.HI/c1-2-24-23(26-15-5-6-19-8-10-22(29)11-9-19)27-20-12-16-28(17-13-20)18-21-7-3-4-14-25-21;/h3-4,7-11,14,20,29H,2,5-6,12-13,15-18H2,1H3,(H2,24,26,27);1H. The number of aliphatic imine (C=N–C) groups is 1. The van der Waals surface area contributed by atoms with E-state index in [1.54, 1.807) is 12.1 Å². The van der Waals surface area contributed by atoms with E-state index < -0.39 is 0 Å². The molecular formula is C23H34IN5O. The molecule has 1 aliphatic heterocycles. The highest BCUT2D eigenvalue weighted by Crippen LogP contribution is 2.13. The average Bonchev–Trinajstić information content (AvgIpc) is 2.75. The minimum Gasteiger partial charge on any atom is -0.508 e. The largest absolute Gasteiger partial charge is 0.508 e. The Morgan fingerprint density at radius 2 is 1.93 bits per heavy atom. The number of phenolic OH excluding ortho intramolecular Hbond substituents is 1. The van der Waals surface area contributed by atoms with Crippen molar-refractivity contribution in [2.75, 3.05) is 26.2 Å². The zero-order valence-corrected chi connectivity index (χ0v) is 20.1. The van der Waals surface area contributed by atoms with Gasteiger partial charge in [-0.1, -0.05) is 18.2 Å². The molecule has 0 spiro atoms. The summed E-state index contributed by atoms with van der Waals surface area (Å²) in [6.07, 6.45) is 6.05. The number of aryl methyl sites for hydroxylation is 1. The number of likely N-dealkylation sites (tertiary alicyclic amines) is 1. The fourth-order valence-corrected chi connectivity index (χ4v) is 3.61. The summed E-state index contributed by atoms with van der Waals surface area (Å²) >= 11 is 0. The second-order valence-corrected chi connectivity index (χ2v) is 7.55. The Hall–Kier alpha value is -1.87. The van der Waals surface area contributed by atoms with Gasteiger partial charge in [-0.25, -0.2) is 0 Å². The van der Waals surface area contributed by atoms with Crippen molar-refractivity contribution >= 4 is 29.9 Å². The van der Waals surface area contributed by atoms with Crippen LogP contribution in [0.3, 0.4) is 0 Å². The first-order chi connectivity index (χ1) is 14.2. The van der Waals surface area contributed by atoms with Gasteiger partial charge in [0.25, 0.3) is 0 Å². The van der Waals surface area contributed by atoms with Gasteiger partial charge in [-0.15, -0.1) is 24.0 Å². The van der Waals surface area contributed by atoms with Gasteiger partial charge >= 0.3 is 0 Å². The van der Waals surface area contributed by atoms with Crippen LogP contribution < -0.4 is 10.6 Å². The van der Waals surface area contributed by atoms with E-state index in [0.717, 1.165) is 70.1 Å². The predicted octanol–water partition coefficient (Wildman–Crippen LogP) is 3.56. The number of aromatic hydroxyl groups is 1. The monoisotopic (exact) mass is 523 g/mol. The number of halogens is 1. The van der Waals surface area contributed by atoms with Gasteiger partial charge in [0.15, 0.2) is 5.96 Å². The lowest BCUT2D eigenvalue weighted by atomic mass is 10.0. The SMILES string of the molecule is CCNC(=NCCCc1ccc(O)cc1)NC1CCN(Cc2ccccn2)CC1.I. The molecule has 0 saturated carbocycles. The van der Waals surface area contributed by atoms with Crippen molar-refractivity contribution in [3.63, 3.8) is 0 Å². The van der Waals surface area contributed by atoms with Crippen LogP contribution in [0.25, 0.3) is 0 Å². The number of rotatable bonds is 8. The Kier molecular flexibility index (Phi) is 10.9. The Morgan fingerprint density at radius 3 is 2.60 bits per heavy atom. The quantitative estimate of drug-likeness (QED) is 0.214. The number of phenols is 1. The molecule has 3 N–H and O–H groups in total. The highest BCUT2D eigenvalue weighted by molar-refractivity contribution is 14.0. The summed E-state index contributed by atoms with van der Waals surface area (Å²) in [7, 11) is 0. The molecule has 3 rings (SSSR count). The molecule has 1 saturated heterocycles. The maximum absolute atomic E-state index is 9.36. The van der Waals surface area contributed by atoms with Crippen molar-refractivity contribution in [2.45, 2.75) is 45.2 Å². The third-order valence-electron chi connectivity index (χ3n) is 5.21. The highest BCUT2D eigenvalue weighted by Gasteiger charge is 2.20. The molecule has 0 radical (unpaired) electrons. The van der Waals surface area contributed by atoms with Crippen molar-refractivity contribution in [1.29, 1.82) is 0 Å². The average molecular weight is 523 g/mol. The topological polar surface area (TPSA) is 72.8 Å². The van der Waals surface area contributed by atoms with Gasteiger partial charge in [-0.3, -0.25) is 14.9 Å². The third kappa shape index (κ3) is 8.47. The van der Waals surface area contributed by atoms with Crippen LogP contribution in [0.2, 0.25) is 0 Å². The van der Waals surface area contributed by atoms with Crippen molar-refractivity contribution in [3.05, 3.63) is 59.9 Å². The molecule has 0 unspecified atom stereocenters. The van der Waals surface area contributed by atoms with Crippen LogP contribution in [-0.2, 0) is 13.0 Å². The third-order valence-corrected chi connectivity index (χ3v) is 5.21. The van der Waals surface area contributed by atoms with E-state index in [1.165, 1.54) is 5.56 Å². The lowest BCUT2D eigenvalue weighted by Gasteiger charge is -2.32. The molecule has 30 heavy (non-hydrogen) atoms. The van der Waals surface area contributed by atoms with Gasteiger partial charge in [0.2, 0.25) is 0 Å². The number of piperidine rings is 1. The molecular weight excluding hydrogens is 489 g/mol. The molecule has 2 aromatic rings. The molecule has 0 bridgehead atoms. The van der Waals surface area contributed by atoms with E-state index in [2.05, 4.69) is 39.6 Å². The summed E-state index contributed by atoms with van der Waals surface area (Å²) in [4.78, 5) is 11.7. The molecule has 6 nitrogen and oxygen atoms in total. The van der Waals surface area contributed by atoms with Crippen LogP contribution in [0.15, 0.2) is 53.7 Å². The van der Waals surface area contributed by atoms with Gasteiger partial charge in [0.1, 0.15) is 5.75 Å². The second-order valence-electron chi connectivity index (χ2n) is 7.55. The van der Waals surface area contributed by atoms with Crippen molar-refractivity contribution < 1.29 is 5.11 Å². The number of nitrogens with zero attached hydrogens (tertiary/aromatic N) is 3. The van der Waals surface area contributed by atoms with Gasteiger partial charge in [0.05, 0.1) is 5.69 Å². The lowest BCUT2D eigenvalue weighted by molar-refractivity contribution is 0.196. The molecule has 7 heteroatoms. The maximum atomic E-state index is 9.36. The van der Waals surface area contributed by atoms with Crippen LogP contribution in [0, 0.1) is 0 Å². The zero-order valence-electron chi connectivity index (χ0n) is 17.8. The number of guanidine groups is 1. The van der Waals surface area contributed by atoms with E-state index in [-0.39, 0.29) is 24.0 Å². The van der Waals surface area contributed by atoms with Crippen LogP contribution >= 0.6 is 24.0 Å². The van der Waals surface area contributed by atoms with Crippen LogP contribution in [0.4, 0.5) is 0 Å². The summed E-state index contributed by atoms with van der Waals surface area (Å²) in [5.41, 5.74) is 2.37. The molecule has 0 aliphatic carbocycles. The Labute approximate surface area is 197 Å². The van der Waals surface area contributed by atoms with Gasteiger partial charge in [-0.2, -0.15) is 0 Å². The first-order valence-electron chi connectivity index (χ1n) is 10.7. The highest BCUT2D eigenvalue weighted by atomic mass is 127. The fourth-order valence-electron chi connectivity index (χ4n) is 3.61. The minimum absolute atomic E-state index is 0. The molecule has 1 fully saturated rings.